The summed E-state index contributed by atoms with van der Waals surface area (Å²) >= 11 is 0. The summed E-state index contributed by atoms with van der Waals surface area (Å²) in [4.78, 5) is 0. The summed E-state index contributed by atoms with van der Waals surface area (Å²) in [5.41, 5.74) is 2.45. The molecule has 0 saturated carbocycles. The number of methoxy groups -OCH3 is 2. The second-order valence-corrected chi connectivity index (χ2v) is 5.96. The molecule has 0 unspecified atom stereocenters. The Morgan fingerprint density at radius 2 is 1.08 bits per heavy atom. The summed E-state index contributed by atoms with van der Waals surface area (Å²) in [5.74, 6) is 1.95. The first kappa shape index (κ1) is 20.8. The van der Waals surface area contributed by atoms with Crippen LogP contribution in [0.2, 0.25) is 0 Å². The Morgan fingerprint density at radius 3 is 1.42 bits per heavy atom. The van der Waals surface area contributed by atoms with E-state index in [9.17, 15) is 0 Å². The molecule has 0 atom stereocenters. The van der Waals surface area contributed by atoms with Gasteiger partial charge in [-0.05, 0) is 48.9 Å². The van der Waals surface area contributed by atoms with Gasteiger partial charge in [0.25, 0.3) is 0 Å². The summed E-state index contributed by atoms with van der Waals surface area (Å²) in [7, 11) is 3.39. The van der Waals surface area contributed by atoms with E-state index in [2.05, 4.69) is 26.0 Å². The Morgan fingerprint density at radius 1 is 0.667 bits per heavy atom. The molecule has 0 heterocycles. The lowest BCUT2D eigenvalue weighted by Gasteiger charge is -2.18. The van der Waals surface area contributed by atoms with Crippen molar-refractivity contribution in [3.8, 4) is 11.5 Å². The molecule has 1 aromatic rings. The van der Waals surface area contributed by atoms with Gasteiger partial charge in [-0.3, -0.25) is 0 Å². The summed E-state index contributed by atoms with van der Waals surface area (Å²) < 4.78 is 22.2. The standard InChI is InChI=1S/C20H34O4/c1-5-7-9-17-15-20(24-14-12-22-4)18(10-8-6-2)16-19(17)23-13-11-21-3/h15-16H,5-14H2,1-4H3. The maximum absolute atomic E-state index is 5.97. The van der Waals surface area contributed by atoms with Crippen LogP contribution in [0.4, 0.5) is 0 Å². The van der Waals surface area contributed by atoms with Gasteiger partial charge < -0.3 is 18.9 Å². The number of unbranched alkanes of at least 4 members (excludes halogenated alkanes) is 2. The molecule has 0 aliphatic rings. The number of hydrogen-bond acceptors (Lipinski definition) is 4. The lowest BCUT2D eigenvalue weighted by Crippen LogP contribution is -2.09. The van der Waals surface area contributed by atoms with Crippen molar-refractivity contribution in [2.45, 2.75) is 52.4 Å². The minimum Gasteiger partial charge on any atom is -0.491 e. The van der Waals surface area contributed by atoms with E-state index in [1.54, 1.807) is 14.2 Å². The van der Waals surface area contributed by atoms with E-state index in [1.807, 2.05) is 0 Å². The molecule has 0 N–H and O–H groups in total. The van der Waals surface area contributed by atoms with Crippen LogP contribution in [-0.2, 0) is 22.3 Å². The van der Waals surface area contributed by atoms with Gasteiger partial charge in [0.1, 0.15) is 24.7 Å². The zero-order valence-electron chi connectivity index (χ0n) is 15.9. The molecule has 0 aromatic heterocycles. The topological polar surface area (TPSA) is 36.9 Å². The zero-order valence-corrected chi connectivity index (χ0v) is 15.9. The molecule has 138 valence electrons. The summed E-state index contributed by atoms with van der Waals surface area (Å²) in [6, 6.07) is 4.33. The monoisotopic (exact) mass is 338 g/mol. The highest BCUT2D eigenvalue weighted by atomic mass is 16.5. The average molecular weight is 338 g/mol. The molecule has 1 rings (SSSR count). The Kier molecular flexibility index (Phi) is 11.3. The maximum atomic E-state index is 5.97. The zero-order chi connectivity index (χ0) is 17.6. The van der Waals surface area contributed by atoms with Gasteiger partial charge in [-0.25, -0.2) is 0 Å². The van der Waals surface area contributed by atoms with Crippen LogP contribution < -0.4 is 9.47 Å². The minimum absolute atomic E-state index is 0.576. The Hall–Kier alpha value is -1.26. The van der Waals surface area contributed by atoms with Crippen LogP contribution in [0.3, 0.4) is 0 Å². The number of rotatable bonds is 14. The first-order chi connectivity index (χ1) is 11.8. The minimum atomic E-state index is 0.576. The number of benzene rings is 1. The van der Waals surface area contributed by atoms with E-state index in [0.717, 1.165) is 50.0 Å². The highest BCUT2D eigenvalue weighted by Gasteiger charge is 2.12. The molecule has 0 radical (unpaired) electrons. The normalized spacial score (nSPS) is 10.8. The first-order valence-electron chi connectivity index (χ1n) is 9.16. The highest BCUT2D eigenvalue weighted by molar-refractivity contribution is 5.47. The van der Waals surface area contributed by atoms with Gasteiger partial charge in [0, 0.05) is 14.2 Å². The molecule has 0 aliphatic heterocycles. The Balaban J connectivity index is 2.99. The molecule has 4 nitrogen and oxygen atoms in total. The van der Waals surface area contributed by atoms with Crippen LogP contribution >= 0.6 is 0 Å². The lowest BCUT2D eigenvalue weighted by molar-refractivity contribution is 0.143. The van der Waals surface area contributed by atoms with Crippen molar-refractivity contribution in [3.63, 3.8) is 0 Å². The van der Waals surface area contributed by atoms with Crippen molar-refractivity contribution >= 4 is 0 Å². The maximum Gasteiger partial charge on any atom is 0.123 e. The molecule has 1 aromatic carbocycles. The Bertz CT molecular complexity index is 404. The van der Waals surface area contributed by atoms with Gasteiger partial charge in [0.2, 0.25) is 0 Å². The van der Waals surface area contributed by atoms with Gasteiger partial charge in [-0.15, -0.1) is 0 Å². The first-order valence-corrected chi connectivity index (χ1v) is 9.16. The lowest BCUT2D eigenvalue weighted by atomic mass is 10.0. The molecular weight excluding hydrogens is 304 g/mol. The number of hydrogen-bond donors (Lipinski definition) is 0. The second kappa shape index (κ2) is 13.1. The molecule has 24 heavy (non-hydrogen) atoms. The van der Waals surface area contributed by atoms with Crippen molar-refractivity contribution in [2.24, 2.45) is 0 Å². The van der Waals surface area contributed by atoms with Crippen molar-refractivity contribution in [2.75, 3.05) is 40.6 Å². The average Bonchev–Trinajstić information content (AvgIpc) is 2.60. The van der Waals surface area contributed by atoms with E-state index in [1.165, 1.54) is 11.1 Å². The van der Waals surface area contributed by atoms with Gasteiger partial charge >= 0.3 is 0 Å². The largest absolute Gasteiger partial charge is 0.491 e. The van der Waals surface area contributed by atoms with Crippen LogP contribution in [0.1, 0.15) is 50.7 Å². The molecule has 0 bridgehead atoms. The van der Waals surface area contributed by atoms with Gasteiger partial charge in [-0.2, -0.15) is 0 Å². The smallest absolute Gasteiger partial charge is 0.123 e. The molecule has 0 aliphatic carbocycles. The fraction of sp³-hybridized carbons (Fsp3) is 0.700. The van der Waals surface area contributed by atoms with E-state index < -0.39 is 0 Å². The molecule has 0 amide bonds. The molecular formula is C20H34O4. The number of aryl methyl sites for hydroxylation is 2. The summed E-state index contributed by atoms with van der Waals surface area (Å²) in [6.45, 7) is 6.76. The number of ether oxygens (including phenoxy) is 4. The molecule has 0 saturated heterocycles. The van der Waals surface area contributed by atoms with Crippen molar-refractivity contribution in [1.29, 1.82) is 0 Å². The quantitative estimate of drug-likeness (QED) is 0.471. The molecule has 4 heteroatoms. The molecule has 0 fully saturated rings. The van der Waals surface area contributed by atoms with E-state index in [0.29, 0.717) is 26.4 Å². The third-order valence-electron chi connectivity index (χ3n) is 3.93. The van der Waals surface area contributed by atoms with Crippen LogP contribution in [0.15, 0.2) is 12.1 Å². The van der Waals surface area contributed by atoms with Crippen molar-refractivity contribution in [3.05, 3.63) is 23.3 Å². The third-order valence-corrected chi connectivity index (χ3v) is 3.93. The van der Waals surface area contributed by atoms with Crippen LogP contribution in [0, 0.1) is 0 Å². The van der Waals surface area contributed by atoms with Crippen LogP contribution in [0.5, 0.6) is 11.5 Å². The van der Waals surface area contributed by atoms with Crippen molar-refractivity contribution < 1.29 is 18.9 Å². The molecule has 0 spiro atoms. The fourth-order valence-electron chi connectivity index (χ4n) is 2.51. The Labute approximate surface area is 147 Å². The van der Waals surface area contributed by atoms with Gasteiger partial charge in [0.15, 0.2) is 0 Å². The predicted octanol–water partition coefficient (Wildman–Crippen LogP) is 4.42. The van der Waals surface area contributed by atoms with E-state index in [-0.39, 0.29) is 0 Å². The SMILES string of the molecule is CCCCc1cc(OCCOC)c(CCCC)cc1OCCOC. The summed E-state index contributed by atoms with van der Waals surface area (Å²) in [6.07, 6.45) is 6.63. The predicted molar refractivity (Wildman–Crippen MR) is 98.4 cm³/mol. The van der Waals surface area contributed by atoms with Crippen LogP contribution in [0.25, 0.3) is 0 Å². The van der Waals surface area contributed by atoms with Gasteiger partial charge in [-0.1, -0.05) is 26.7 Å². The third kappa shape index (κ3) is 7.54. The van der Waals surface area contributed by atoms with E-state index >= 15 is 0 Å². The van der Waals surface area contributed by atoms with Crippen LogP contribution in [-0.4, -0.2) is 40.6 Å². The van der Waals surface area contributed by atoms with Crippen molar-refractivity contribution in [1.82, 2.24) is 0 Å². The fourth-order valence-corrected chi connectivity index (χ4v) is 2.51. The summed E-state index contributed by atoms with van der Waals surface area (Å²) in [5, 5.41) is 0. The highest BCUT2D eigenvalue weighted by Crippen LogP contribution is 2.31. The second-order valence-electron chi connectivity index (χ2n) is 5.96. The van der Waals surface area contributed by atoms with E-state index in [4.69, 9.17) is 18.9 Å². The van der Waals surface area contributed by atoms with Gasteiger partial charge in [0.05, 0.1) is 13.2 Å².